The van der Waals surface area contributed by atoms with E-state index in [1.165, 1.54) is 0 Å². The lowest BCUT2D eigenvalue weighted by atomic mass is 10.0. The summed E-state index contributed by atoms with van der Waals surface area (Å²) in [7, 11) is 0. The number of aliphatic hydroxyl groups excluding tert-OH is 1. The van der Waals surface area contributed by atoms with E-state index < -0.39 is 6.10 Å². The maximum atomic E-state index is 10.2. The van der Waals surface area contributed by atoms with Crippen LogP contribution in [-0.4, -0.2) is 10.1 Å². The number of unbranched alkanes of at least 4 members (excludes halogenated alkanes) is 1. The minimum atomic E-state index is -0.510. The van der Waals surface area contributed by atoms with Crippen molar-refractivity contribution in [2.45, 2.75) is 25.4 Å². The molecule has 1 aromatic heterocycles. The highest BCUT2D eigenvalue weighted by molar-refractivity contribution is 9.10. The van der Waals surface area contributed by atoms with Crippen molar-refractivity contribution in [2.75, 3.05) is 0 Å². The molecule has 0 aliphatic heterocycles. The van der Waals surface area contributed by atoms with E-state index in [2.05, 4.69) is 26.8 Å². The Morgan fingerprint density at radius 1 is 1.39 bits per heavy atom. The van der Waals surface area contributed by atoms with Gasteiger partial charge in [0, 0.05) is 28.0 Å². The van der Waals surface area contributed by atoms with Gasteiger partial charge in [0.1, 0.15) is 0 Å². The summed E-state index contributed by atoms with van der Waals surface area (Å²) in [5, 5.41) is 11.2. The summed E-state index contributed by atoms with van der Waals surface area (Å²) in [6, 6.07) is 7.75. The molecule has 0 fully saturated rings. The Balaban J connectivity index is 2.34. The molecule has 0 bridgehead atoms. The Labute approximate surface area is 115 Å². The zero-order valence-electron chi connectivity index (χ0n) is 9.94. The fraction of sp³-hybridized carbons (Fsp3) is 0.267. The molecule has 0 radical (unpaired) electrons. The number of aromatic nitrogens is 1. The molecular weight excluding hydrogens is 290 g/mol. The van der Waals surface area contributed by atoms with Gasteiger partial charge in [0.15, 0.2) is 0 Å². The van der Waals surface area contributed by atoms with E-state index >= 15 is 0 Å². The first-order valence-corrected chi connectivity index (χ1v) is 6.68. The van der Waals surface area contributed by atoms with Gasteiger partial charge < -0.3 is 5.11 Å². The lowest BCUT2D eigenvalue weighted by molar-refractivity contribution is 0.166. The zero-order chi connectivity index (χ0) is 13.0. The molecule has 0 aliphatic carbocycles. The highest BCUT2D eigenvalue weighted by Gasteiger charge is 2.13. The predicted octanol–water partition coefficient (Wildman–Crippen LogP) is 3.83. The highest BCUT2D eigenvalue weighted by Crippen LogP contribution is 2.30. The maximum Gasteiger partial charge on any atom is 0.0811 e. The van der Waals surface area contributed by atoms with Gasteiger partial charge in [-0.1, -0.05) is 28.1 Å². The van der Waals surface area contributed by atoms with E-state index in [-0.39, 0.29) is 0 Å². The van der Waals surface area contributed by atoms with Crippen molar-refractivity contribution in [3.63, 3.8) is 0 Å². The van der Waals surface area contributed by atoms with Gasteiger partial charge in [-0.25, -0.2) is 0 Å². The molecule has 2 aromatic rings. The Morgan fingerprint density at radius 2 is 2.22 bits per heavy atom. The molecule has 0 amide bonds. The number of aliphatic hydroxyl groups is 1. The second kappa shape index (κ2) is 5.99. The fourth-order valence-electron chi connectivity index (χ4n) is 1.98. The van der Waals surface area contributed by atoms with Gasteiger partial charge in [-0.2, -0.15) is 0 Å². The van der Waals surface area contributed by atoms with Gasteiger partial charge in [0.05, 0.1) is 11.6 Å². The van der Waals surface area contributed by atoms with E-state index in [0.29, 0.717) is 12.8 Å². The normalized spacial score (nSPS) is 12.3. The number of benzene rings is 1. The first kappa shape index (κ1) is 13.1. The quantitative estimate of drug-likeness (QED) is 0.688. The summed E-state index contributed by atoms with van der Waals surface area (Å²) in [5.41, 5.74) is 1.71. The molecule has 1 N–H and O–H groups in total. The molecule has 1 heterocycles. The lowest BCUT2D eigenvalue weighted by Crippen LogP contribution is -1.99. The summed E-state index contributed by atoms with van der Waals surface area (Å²) in [4.78, 5) is 4.36. The number of fused-ring (bicyclic) bond motifs is 1. The number of terminal acetylenes is 1. The summed E-state index contributed by atoms with van der Waals surface area (Å²) < 4.78 is 0.991. The van der Waals surface area contributed by atoms with Gasteiger partial charge in [-0.3, -0.25) is 4.98 Å². The molecule has 1 atom stereocenters. The number of rotatable bonds is 4. The molecule has 2 rings (SSSR count). The van der Waals surface area contributed by atoms with Crippen LogP contribution in [0.5, 0.6) is 0 Å². The summed E-state index contributed by atoms with van der Waals surface area (Å²) in [5.74, 6) is 2.59. The van der Waals surface area contributed by atoms with Gasteiger partial charge in [0.25, 0.3) is 0 Å². The number of hydrogen-bond donors (Lipinski definition) is 1. The summed E-state index contributed by atoms with van der Waals surface area (Å²) in [6.07, 6.45) is 8.62. The smallest absolute Gasteiger partial charge is 0.0811 e. The molecule has 18 heavy (non-hydrogen) atoms. The third-order valence-corrected chi connectivity index (χ3v) is 3.60. The summed E-state index contributed by atoms with van der Waals surface area (Å²) in [6.45, 7) is 0. The first-order valence-electron chi connectivity index (χ1n) is 5.88. The largest absolute Gasteiger partial charge is 0.388 e. The van der Waals surface area contributed by atoms with E-state index in [0.717, 1.165) is 27.4 Å². The molecule has 0 saturated carbocycles. The van der Waals surface area contributed by atoms with E-state index in [4.69, 9.17) is 6.42 Å². The van der Waals surface area contributed by atoms with Crippen molar-refractivity contribution in [2.24, 2.45) is 0 Å². The lowest BCUT2D eigenvalue weighted by Gasteiger charge is -2.13. The van der Waals surface area contributed by atoms with Crippen molar-refractivity contribution in [3.05, 3.63) is 40.5 Å². The second-order valence-corrected chi connectivity index (χ2v) is 5.00. The minimum absolute atomic E-state index is 0.510. The van der Waals surface area contributed by atoms with Crippen molar-refractivity contribution < 1.29 is 5.11 Å². The van der Waals surface area contributed by atoms with Crippen LogP contribution >= 0.6 is 15.9 Å². The second-order valence-electron chi connectivity index (χ2n) is 4.15. The topological polar surface area (TPSA) is 33.1 Å². The van der Waals surface area contributed by atoms with Crippen LogP contribution in [0.1, 0.15) is 30.9 Å². The van der Waals surface area contributed by atoms with Crippen LogP contribution in [0.4, 0.5) is 0 Å². The monoisotopic (exact) mass is 303 g/mol. The van der Waals surface area contributed by atoms with Crippen LogP contribution in [-0.2, 0) is 0 Å². The predicted molar refractivity (Wildman–Crippen MR) is 77.1 cm³/mol. The van der Waals surface area contributed by atoms with Crippen LogP contribution in [0, 0.1) is 12.3 Å². The van der Waals surface area contributed by atoms with Crippen molar-refractivity contribution in [1.29, 1.82) is 0 Å². The zero-order valence-corrected chi connectivity index (χ0v) is 11.5. The average molecular weight is 304 g/mol. The number of halogens is 1. The van der Waals surface area contributed by atoms with Crippen LogP contribution < -0.4 is 0 Å². The van der Waals surface area contributed by atoms with Gasteiger partial charge in [-0.15, -0.1) is 12.3 Å². The Bertz CT molecular complexity index is 589. The van der Waals surface area contributed by atoms with Gasteiger partial charge in [-0.05, 0) is 25.0 Å². The molecule has 92 valence electrons. The third-order valence-electron chi connectivity index (χ3n) is 2.91. The van der Waals surface area contributed by atoms with E-state index in [1.807, 2.05) is 24.3 Å². The van der Waals surface area contributed by atoms with Gasteiger partial charge in [0.2, 0.25) is 0 Å². The minimum Gasteiger partial charge on any atom is -0.388 e. The average Bonchev–Trinajstić information content (AvgIpc) is 2.39. The standard InChI is InChI=1S/C15H14BrNO/c1-2-3-4-7-14(18)12-8-9-13(16)11-6-5-10-17-15(11)12/h1,5-6,8-10,14,18H,3-4,7H2. The fourth-order valence-corrected chi connectivity index (χ4v) is 2.43. The molecule has 1 aromatic carbocycles. The van der Waals surface area contributed by atoms with E-state index in [9.17, 15) is 5.11 Å². The highest BCUT2D eigenvalue weighted by atomic mass is 79.9. The molecule has 0 saturated heterocycles. The van der Waals surface area contributed by atoms with Gasteiger partial charge >= 0.3 is 0 Å². The molecule has 3 heteroatoms. The Morgan fingerprint density at radius 3 is 3.00 bits per heavy atom. The third kappa shape index (κ3) is 2.72. The molecule has 0 aliphatic rings. The van der Waals surface area contributed by atoms with Crippen molar-refractivity contribution in [1.82, 2.24) is 4.98 Å². The van der Waals surface area contributed by atoms with Crippen LogP contribution in [0.15, 0.2) is 34.9 Å². The number of pyridine rings is 1. The van der Waals surface area contributed by atoms with Crippen molar-refractivity contribution >= 4 is 26.8 Å². The van der Waals surface area contributed by atoms with Crippen molar-refractivity contribution in [3.8, 4) is 12.3 Å². The number of nitrogens with zero attached hydrogens (tertiary/aromatic N) is 1. The number of hydrogen-bond acceptors (Lipinski definition) is 2. The molecule has 0 spiro atoms. The van der Waals surface area contributed by atoms with Crippen LogP contribution in [0.3, 0.4) is 0 Å². The first-order chi connectivity index (χ1) is 8.74. The van der Waals surface area contributed by atoms with Crippen LogP contribution in [0.2, 0.25) is 0 Å². The van der Waals surface area contributed by atoms with Crippen LogP contribution in [0.25, 0.3) is 10.9 Å². The SMILES string of the molecule is C#CCCCC(O)c1ccc(Br)c2cccnc12. The molecular formula is C15H14BrNO. The Kier molecular flexibility index (Phi) is 4.35. The van der Waals surface area contributed by atoms with E-state index in [1.54, 1.807) is 6.20 Å². The molecule has 1 unspecified atom stereocenters. The summed E-state index contributed by atoms with van der Waals surface area (Å²) >= 11 is 3.50. The maximum absolute atomic E-state index is 10.2. The molecule has 2 nitrogen and oxygen atoms in total. The Hall–Kier alpha value is -1.37.